The molecule has 0 radical (unpaired) electrons. The van der Waals surface area contributed by atoms with Crippen molar-refractivity contribution in [3.8, 4) is 6.07 Å². The highest BCUT2D eigenvalue weighted by molar-refractivity contribution is 9.10. The predicted molar refractivity (Wildman–Crippen MR) is 56.9 cm³/mol. The van der Waals surface area contributed by atoms with Crippen molar-refractivity contribution >= 4 is 15.9 Å². The molecule has 2 rings (SSSR count). The second-order valence-corrected chi connectivity index (χ2v) is 5.18. The molecule has 1 heterocycles. The zero-order chi connectivity index (χ0) is 11.1. The van der Waals surface area contributed by atoms with Crippen molar-refractivity contribution in [1.82, 2.24) is 9.97 Å². The minimum atomic E-state index is -0.758. The van der Waals surface area contributed by atoms with E-state index in [0.29, 0.717) is 18.7 Å². The highest BCUT2D eigenvalue weighted by atomic mass is 79.9. The molecule has 1 aliphatic rings. The van der Waals surface area contributed by atoms with E-state index < -0.39 is 11.0 Å². The van der Waals surface area contributed by atoms with E-state index in [-0.39, 0.29) is 0 Å². The van der Waals surface area contributed by atoms with E-state index in [9.17, 15) is 5.11 Å². The van der Waals surface area contributed by atoms with Crippen LogP contribution in [0.4, 0.5) is 0 Å². The van der Waals surface area contributed by atoms with Crippen LogP contribution in [0.5, 0.6) is 0 Å². The second kappa shape index (κ2) is 3.26. The summed E-state index contributed by atoms with van der Waals surface area (Å²) in [5.41, 5.74) is -1.46. The van der Waals surface area contributed by atoms with Crippen molar-refractivity contribution in [2.45, 2.75) is 30.8 Å². The van der Waals surface area contributed by atoms with Crippen LogP contribution in [-0.2, 0) is 5.41 Å². The molecule has 1 N–H and O–H groups in total. The number of rotatable bonds is 1. The molecule has 1 aliphatic carbocycles. The van der Waals surface area contributed by atoms with Crippen LogP contribution in [0, 0.1) is 11.3 Å². The molecule has 1 aromatic rings. The Hall–Kier alpha value is -0.990. The van der Waals surface area contributed by atoms with Crippen LogP contribution >= 0.6 is 15.9 Å². The predicted octanol–water partition coefficient (Wildman–Crippen LogP) is 1.55. The van der Waals surface area contributed by atoms with Crippen LogP contribution in [-0.4, -0.2) is 20.7 Å². The first-order valence-corrected chi connectivity index (χ1v) is 5.38. The third-order valence-corrected chi connectivity index (χ3v) is 3.04. The van der Waals surface area contributed by atoms with Gasteiger partial charge in [-0.15, -0.1) is 0 Å². The Morgan fingerprint density at radius 2 is 2.00 bits per heavy atom. The Morgan fingerprint density at radius 1 is 1.47 bits per heavy atom. The largest absolute Gasteiger partial charge is 0.390 e. The molecule has 0 atom stereocenters. The molecule has 0 spiro atoms. The molecule has 1 fully saturated rings. The van der Waals surface area contributed by atoms with Gasteiger partial charge in [-0.1, -0.05) is 0 Å². The first-order chi connectivity index (χ1) is 6.97. The van der Waals surface area contributed by atoms with Crippen molar-refractivity contribution < 1.29 is 5.11 Å². The summed E-state index contributed by atoms with van der Waals surface area (Å²) in [6.07, 6.45) is 4.04. The fourth-order valence-corrected chi connectivity index (χ4v) is 2.30. The highest BCUT2D eigenvalue weighted by Crippen LogP contribution is 2.48. The lowest BCUT2D eigenvalue weighted by Gasteiger charge is -2.45. The summed E-state index contributed by atoms with van der Waals surface area (Å²) < 4.78 is 0.783. The van der Waals surface area contributed by atoms with Crippen LogP contribution < -0.4 is 0 Å². The van der Waals surface area contributed by atoms with Crippen molar-refractivity contribution in [2.24, 2.45) is 0 Å². The zero-order valence-electron chi connectivity index (χ0n) is 8.24. The van der Waals surface area contributed by atoms with Crippen molar-refractivity contribution in [3.63, 3.8) is 0 Å². The van der Waals surface area contributed by atoms with E-state index in [0.717, 1.165) is 4.47 Å². The van der Waals surface area contributed by atoms with Crippen molar-refractivity contribution in [2.75, 3.05) is 0 Å². The third-order valence-electron chi connectivity index (χ3n) is 2.63. The summed E-state index contributed by atoms with van der Waals surface area (Å²) >= 11 is 3.24. The second-order valence-electron chi connectivity index (χ2n) is 4.27. The van der Waals surface area contributed by atoms with Gasteiger partial charge in [-0.25, -0.2) is 9.97 Å². The number of aromatic nitrogens is 2. The quantitative estimate of drug-likeness (QED) is 0.838. The van der Waals surface area contributed by atoms with Gasteiger partial charge in [-0.2, -0.15) is 5.26 Å². The fraction of sp³-hybridized carbons (Fsp3) is 0.500. The topological polar surface area (TPSA) is 69.8 Å². The van der Waals surface area contributed by atoms with E-state index in [4.69, 9.17) is 5.26 Å². The molecular weight excluding hydrogens is 258 g/mol. The first kappa shape index (κ1) is 10.5. The Labute approximate surface area is 96.1 Å². The summed E-state index contributed by atoms with van der Waals surface area (Å²) in [5.74, 6) is 0.500. The van der Waals surface area contributed by atoms with Crippen molar-refractivity contribution in [3.05, 3.63) is 22.7 Å². The van der Waals surface area contributed by atoms with Gasteiger partial charge in [0.1, 0.15) is 11.2 Å². The Balaban J connectivity index is 2.31. The SMILES string of the molecule is C[C@]1(O)C[C@](C#N)(c2ncc(Br)cn2)C1. The molecular formula is C10H10BrN3O. The smallest absolute Gasteiger partial charge is 0.148 e. The summed E-state index contributed by atoms with van der Waals surface area (Å²) in [7, 11) is 0. The fourth-order valence-electron chi connectivity index (χ4n) is 2.10. The molecule has 0 unspecified atom stereocenters. The number of hydrogen-bond donors (Lipinski definition) is 1. The number of hydrogen-bond acceptors (Lipinski definition) is 4. The van der Waals surface area contributed by atoms with Gasteiger partial charge in [-0.3, -0.25) is 0 Å². The molecule has 15 heavy (non-hydrogen) atoms. The van der Waals surface area contributed by atoms with E-state index in [2.05, 4.69) is 32.0 Å². The number of nitriles is 1. The van der Waals surface area contributed by atoms with Gasteiger partial charge < -0.3 is 5.11 Å². The van der Waals surface area contributed by atoms with Crippen LogP contribution in [0.2, 0.25) is 0 Å². The average Bonchev–Trinajstić information content (AvgIpc) is 2.14. The summed E-state index contributed by atoms with van der Waals surface area (Å²) in [4.78, 5) is 8.23. The molecule has 78 valence electrons. The first-order valence-electron chi connectivity index (χ1n) is 4.59. The van der Waals surface area contributed by atoms with E-state index in [1.807, 2.05) is 0 Å². The molecule has 5 heteroatoms. The standard InChI is InChI=1S/C10H10BrN3O/c1-9(15)4-10(5-9,6-12)8-13-2-7(11)3-14-8/h2-3,15H,4-5H2,1H3/t9-,10-. The van der Waals surface area contributed by atoms with Gasteiger partial charge in [0, 0.05) is 25.2 Å². The highest BCUT2D eigenvalue weighted by Gasteiger charge is 2.54. The van der Waals surface area contributed by atoms with Gasteiger partial charge in [0.15, 0.2) is 0 Å². The molecule has 0 saturated heterocycles. The summed E-state index contributed by atoms with van der Waals surface area (Å²) in [6, 6.07) is 2.21. The van der Waals surface area contributed by atoms with Crippen LogP contribution in [0.3, 0.4) is 0 Å². The molecule has 1 aromatic heterocycles. The molecule has 0 bridgehead atoms. The molecule has 0 aromatic carbocycles. The molecule has 1 saturated carbocycles. The molecule has 0 aliphatic heterocycles. The van der Waals surface area contributed by atoms with E-state index in [1.54, 1.807) is 19.3 Å². The summed E-state index contributed by atoms with van der Waals surface area (Å²) in [5, 5.41) is 18.8. The monoisotopic (exact) mass is 267 g/mol. The van der Waals surface area contributed by atoms with E-state index in [1.165, 1.54) is 0 Å². The van der Waals surface area contributed by atoms with Crippen LogP contribution in [0.25, 0.3) is 0 Å². The number of nitrogens with zero attached hydrogens (tertiary/aromatic N) is 3. The van der Waals surface area contributed by atoms with Gasteiger partial charge in [0.05, 0.1) is 16.1 Å². The zero-order valence-corrected chi connectivity index (χ0v) is 9.82. The number of aliphatic hydroxyl groups is 1. The maximum atomic E-state index is 9.68. The minimum absolute atomic E-state index is 0.401. The van der Waals surface area contributed by atoms with Gasteiger partial charge in [0.25, 0.3) is 0 Å². The molecule has 0 amide bonds. The Bertz CT molecular complexity index is 413. The van der Waals surface area contributed by atoms with Crippen LogP contribution in [0.1, 0.15) is 25.6 Å². The lowest BCUT2D eigenvalue weighted by Crippen LogP contribution is -2.52. The average molecular weight is 268 g/mol. The van der Waals surface area contributed by atoms with Gasteiger partial charge >= 0.3 is 0 Å². The Morgan fingerprint density at radius 3 is 2.40 bits per heavy atom. The van der Waals surface area contributed by atoms with Crippen molar-refractivity contribution in [1.29, 1.82) is 5.26 Å². The lowest BCUT2D eigenvalue weighted by molar-refractivity contribution is -0.0583. The minimum Gasteiger partial charge on any atom is -0.390 e. The maximum Gasteiger partial charge on any atom is 0.148 e. The van der Waals surface area contributed by atoms with Gasteiger partial charge in [-0.05, 0) is 22.9 Å². The van der Waals surface area contributed by atoms with E-state index >= 15 is 0 Å². The number of halogens is 1. The third kappa shape index (κ3) is 1.75. The molecule has 4 nitrogen and oxygen atoms in total. The van der Waals surface area contributed by atoms with Gasteiger partial charge in [0.2, 0.25) is 0 Å². The lowest BCUT2D eigenvalue weighted by atomic mass is 9.60. The maximum absolute atomic E-state index is 9.68. The Kier molecular flexibility index (Phi) is 2.28. The van der Waals surface area contributed by atoms with Crippen LogP contribution in [0.15, 0.2) is 16.9 Å². The normalized spacial score (nSPS) is 34.3. The summed E-state index contributed by atoms with van der Waals surface area (Å²) in [6.45, 7) is 1.72.